The normalized spacial score (nSPS) is 14.2. The zero-order valence-corrected chi connectivity index (χ0v) is 39.8. The first-order chi connectivity index (χ1) is 30.3. The number of ether oxygens (including phenoxy) is 1. The Morgan fingerprint density at radius 2 is 1.05 bits per heavy atom. The number of rotatable bonds is 20. The van der Waals surface area contributed by atoms with Crippen LogP contribution >= 0.6 is 0 Å². The van der Waals surface area contributed by atoms with Crippen LogP contribution in [0.1, 0.15) is 70.4 Å². The summed E-state index contributed by atoms with van der Waals surface area (Å²) in [6.45, 7) is 6.46. The molecule has 19 nitrogen and oxygen atoms in total. The molecule has 1 aliphatic carbocycles. The highest BCUT2D eigenvalue weighted by atomic mass is 16.5. The van der Waals surface area contributed by atoms with Crippen molar-refractivity contribution >= 4 is 53.4 Å². The van der Waals surface area contributed by atoms with Crippen molar-refractivity contribution in [3.63, 3.8) is 0 Å². The Bertz CT molecular complexity index is 2080. The SMILES string of the molecule is CC[C@H](C)[C@H](NC(=O)OCC1c2ccccc2-c2ccccc21)C(=O)NC(C)(C)C(=O)N(C)[C@@H](CC(=O)N(C)[C@@H](CC(=O)N(C)[C@@H](CC(=O)O)C(=O)N(C)C)C(=O)N(C)C)C(=O)N(C)C. The number of fused-ring (bicyclic) bond motifs is 3. The fourth-order valence-electron chi connectivity index (χ4n) is 7.69. The van der Waals surface area contributed by atoms with Crippen molar-refractivity contribution < 1.29 is 53.0 Å². The third kappa shape index (κ3) is 12.8. The van der Waals surface area contributed by atoms with Gasteiger partial charge in [-0.3, -0.25) is 38.4 Å². The fraction of sp³-hybridized carbons (Fsp3) is 0.543. The summed E-state index contributed by atoms with van der Waals surface area (Å²) in [4.78, 5) is 127. The highest BCUT2D eigenvalue weighted by molar-refractivity contribution is 5.99. The number of carbonyl (C=O) groups excluding carboxylic acids is 8. The molecule has 3 rings (SSSR count). The third-order valence-electron chi connectivity index (χ3n) is 11.9. The molecule has 2 aromatic carbocycles. The maximum atomic E-state index is 14.3. The molecule has 0 spiro atoms. The smallest absolute Gasteiger partial charge is 0.407 e. The number of carboxylic acid groups (broad SMARTS) is 1. The van der Waals surface area contributed by atoms with E-state index in [1.165, 1.54) is 82.2 Å². The number of alkyl carbamates (subject to hydrolysis) is 1. The molecular formula is C46H66N8O11. The largest absolute Gasteiger partial charge is 0.481 e. The lowest BCUT2D eigenvalue weighted by Crippen LogP contribution is -2.63. The summed E-state index contributed by atoms with van der Waals surface area (Å²) in [6.07, 6.45) is -2.36. The highest BCUT2D eigenvalue weighted by Gasteiger charge is 2.42. The predicted octanol–water partition coefficient (Wildman–Crippen LogP) is 1.84. The van der Waals surface area contributed by atoms with E-state index in [2.05, 4.69) is 10.6 Å². The lowest BCUT2D eigenvalue weighted by Gasteiger charge is -2.37. The van der Waals surface area contributed by atoms with E-state index >= 15 is 0 Å². The second-order valence-electron chi connectivity index (χ2n) is 17.6. The van der Waals surface area contributed by atoms with E-state index in [9.17, 15) is 48.3 Å². The summed E-state index contributed by atoms with van der Waals surface area (Å²) in [5.41, 5.74) is 2.45. The van der Waals surface area contributed by atoms with Crippen LogP contribution in [-0.2, 0) is 43.1 Å². The average Bonchev–Trinajstić information content (AvgIpc) is 3.58. The van der Waals surface area contributed by atoms with E-state index in [4.69, 9.17) is 4.74 Å². The van der Waals surface area contributed by atoms with Gasteiger partial charge in [0.2, 0.25) is 41.4 Å². The van der Waals surface area contributed by atoms with Crippen LogP contribution in [0.4, 0.5) is 4.79 Å². The molecule has 8 amide bonds. The summed E-state index contributed by atoms with van der Waals surface area (Å²) < 4.78 is 5.72. The van der Waals surface area contributed by atoms with Crippen molar-refractivity contribution in [1.82, 2.24) is 40.0 Å². The molecule has 0 aromatic heterocycles. The maximum absolute atomic E-state index is 14.3. The summed E-state index contributed by atoms with van der Waals surface area (Å²) >= 11 is 0. The molecule has 0 heterocycles. The molecule has 2 aromatic rings. The number of carboxylic acids is 1. The summed E-state index contributed by atoms with van der Waals surface area (Å²) in [5, 5.41) is 14.9. The van der Waals surface area contributed by atoms with E-state index in [0.29, 0.717) is 6.42 Å². The molecule has 3 N–H and O–H groups in total. The summed E-state index contributed by atoms with van der Waals surface area (Å²) in [7, 11) is 12.2. The summed E-state index contributed by atoms with van der Waals surface area (Å²) in [5.74, 6) is -7.03. The Kier molecular flexibility index (Phi) is 18.2. The lowest BCUT2D eigenvalue weighted by molar-refractivity contribution is -0.153. The summed E-state index contributed by atoms with van der Waals surface area (Å²) in [6, 6.07) is 10.3. The molecule has 19 heteroatoms. The number of likely N-dealkylation sites (N-methyl/N-ethyl adjacent to an activating group) is 6. The topological polar surface area (TPSA) is 227 Å². The van der Waals surface area contributed by atoms with E-state index in [-0.39, 0.29) is 12.5 Å². The highest BCUT2D eigenvalue weighted by Crippen LogP contribution is 2.44. The quantitative estimate of drug-likeness (QED) is 0.174. The van der Waals surface area contributed by atoms with Gasteiger partial charge < -0.3 is 49.9 Å². The Labute approximate surface area is 381 Å². The van der Waals surface area contributed by atoms with Crippen LogP contribution in [0.2, 0.25) is 0 Å². The first-order valence-electron chi connectivity index (χ1n) is 21.3. The van der Waals surface area contributed by atoms with Gasteiger partial charge >= 0.3 is 12.1 Å². The van der Waals surface area contributed by atoms with Gasteiger partial charge in [0.05, 0.1) is 19.3 Å². The van der Waals surface area contributed by atoms with Gasteiger partial charge in [0.15, 0.2) is 0 Å². The molecule has 0 unspecified atom stereocenters. The zero-order valence-electron chi connectivity index (χ0n) is 39.8. The maximum Gasteiger partial charge on any atom is 0.407 e. The molecule has 5 atom stereocenters. The number of benzene rings is 2. The molecular weight excluding hydrogens is 841 g/mol. The molecule has 0 saturated heterocycles. The van der Waals surface area contributed by atoms with Crippen molar-refractivity contribution in [1.29, 1.82) is 0 Å². The van der Waals surface area contributed by atoms with Gasteiger partial charge in [-0.25, -0.2) is 4.79 Å². The van der Waals surface area contributed by atoms with Gasteiger partial charge in [-0.05, 0) is 42.0 Å². The van der Waals surface area contributed by atoms with E-state index in [0.717, 1.165) is 46.8 Å². The number of nitrogens with zero attached hydrogens (tertiary/aromatic N) is 6. The first-order valence-corrected chi connectivity index (χ1v) is 21.3. The van der Waals surface area contributed by atoms with Crippen molar-refractivity contribution in [2.75, 3.05) is 70.0 Å². The van der Waals surface area contributed by atoms with Crippen LogP contribution in [0.3, 0.4) is 0 Å². The second kappa shape index (κ2) is 22.4. The molecule has 356 valence electrons. The zero-order chi connectivity index (χ0) is 49.2. The Balaban J connectivity index is 1.80. The lowest BCUT2D eigenvalue weighted by atomic mass is 9.95. The van der Waals surface area contributed by atoms with Gasteiger partial charge in [0, 0.05) is 69.3 Å². The fourth-order valence-corrected chi connectivity index (χ4v) is 7.69. The first kappa shape index (κ1) is 52.8. The number of nitrogens with one attached hydrogen (secondary N) is 2. The van der Waals surface area contributed by atoms with E-state index in [1.807, 2.05) is 55.5 Å². The van der Waals surface area contributed by atoms with Crippen LogP contribution in [0.5, 0.6) is 0 Å². The molecule has 0 saturated carbocycles. The van der Waals surface area contributed by atoms with Gasteiger partial charge in [-0.15, -0.1) is 0 Å². The van der Waals surface area contributed by atoms with Crippen LogP contribution < -0.4 is 10.6 Å². The van der Waals surface area contributed by atoms with Crippen LogP contribution in [0, 0.1) is 5.92 Å². The van der Waals surface area contributed by atoms with Gasteiger partial charge in [0.25, 0.3) is 0 Å². The van der Waals surface area contributed by atoms with Crippen molar-refractivity contribution in [3.05, 3.63) is 59.7 Å². The van der Waals surface area contributed by atoms with E-state index in [1.54, 1.807) is 6.92 Å². The van der Waals surface area contributed by atoms with Crippen molar-refractivity contribution in [2.24, 2.45) is 5.92 Å². The predicted molar refractivity (Wildman–Crippen MR) is 241 cm³/mol. The van der Waals surface area contributed by atoms with Gasteiger partial charge in [-0.1, -0.05) is 68.8 Å². The molecule has 0 radical (unpaired) electrons. The van der Waals surface area contributed by atoms with Crippen molar-refractivity contribution in [3.8, 4) is 11.1 Å². The van der Waals surface area contributed by atoms with Crippen LogP contribution in [-0.4, -0.2) is 188 Å². The van der Waals surface area contributed by atoms with Gasteiger partial charge in [-0.2, -0.15) is 0 Å². The number of hydrogen-bond acceptors (Lipinski definition) is 10. The minimum atomic E-state index is -1.70. The Morgan fingerprint density at radius 3 is 1.45 bits per heavy atom. The molecule has 0 fully saturated rings. The number of amides is 8. The molecule has 65 heavy (non-hydrogen) atoms. The minimum Gasteiger partial charge on any atom is -0.481 e. The Hall–Kier alpha value is -6.53. The van der Waals surface area contributed by atoms with Crippen LogP contribution in [0.15, 0.2) is 48.5 Å². The van der Waals surface area contributed by atoms with Crippen LogP contribution in [0.25, 0.3) is 11.1 Å². The Morgan fingerprint density at radius 1 is 0.646 bits per heavy atom. The number of hydrogen-bond donors (Lipinski definition) is 3. The minimum absolute atomic E-state index is 0.0150. The monoisotopic (exact) mass is 906 g/mol. The second-order valence-corrected chi connectivity index (χ2v) is 17.6. The average molecular weight is 907 g/mol. The van der Waals surface area contributed by atoms with E-state index < -0.39 is 108 Å². The molecule has 0 aliphatic heterocycles. The van der Waals surface area contributed by atoms with Gasteiger partial charge in [0.1, 0.15) is 36.3 Å². The third-order valence-corrected chi connectivity index (χ3v) is 11.9. The number of aliphatic carboxylic acids is 1. The molecule has 0 bridgehead atoms. The van der Waals surface area contributed by atoms with Crippen molar-refractivity contribution in [2.45, 2.75) is 89.0 Å². The molecule has 1 aliphatic rings. The standard InChI is InChI=1S/C46H66N8O11/c1-14-27(2)39(47-45(64)65-26-32-30-21-17-15-19-28(30)29-20-16-18-22-31(29)32)40(59)48-46(3,4)44(63)54(13)34(42(61)50(7)8)24-37(56)52(11)33(41(60)49(5)6)23-36(55)53(12)35(25-38(57)58)43(62)51(9)10/h15-22,27,32-35,39H,14,23-26H2,1-13H3,(H,47,64)(H,48,59)(H,57,58)/t27-,33-,34-,35-,39-/m0/s1. The number of carbonyl (C=O) groups is 9.